The number of hydrogen-bond donors (Lipinski definition) is 1. The van der Waals surface area contributed by atoms with Crippen LogP contribution >= 0.6 is 11.5 Å². The van der Waals surface area contributed by atoms with E-state index in [4.69, 9.17) is 10.5 Å². The van der Waals surface area contributed by atoms with Crippen LogP contribution in [0.4, 0.5) is 0 Å². The average molecular weight is 277 g/mol. The molecular formula is C14H19N3OS. The van der Waals surface area contributed by atoms with Gasteiger partial charge in [0.2, 0.25) is 0 Å². The highest BCUT2D eigenvalue weighted by atomic mass is 32.1. The van der Waals surface area contributed by atoms with Crippen LogP contribution in [-0.4, -0.2) is 16.7 Å². The molecule has 0 aliphatic heterocycles. The van der Waals surface area contributed by atoms with Crippen LogP contribution in [0.15, 0.2) is 12.1 Å². The fourth-order valence-electron chi connectivity index (χ4n) is 2.21. The zero-order chi connectivity index (χ0) is 14.0. The number of nitrogens with two attached hydrogens (primary N) is 1. The van der Waals surface area contributed by atoms with Crippen LogP contribution in [0.5, 0.6) is 5.75 Å². The van der Waals surface area contributed by atoms with Gasteiger partial charge in [0.1, 0.15) is 5.75 Å². The summed E-state index contributed by atoms with van der Waals surface area (Å²) in [6, 6.07) is 3.96. The lowest BCUT2D eigenvalue weighted by Gasteiger charge is -2.16. The maximum Gasteiger partial charge on any atom is 0.122 e. The Kier molecular flexibility index (Phi) is 4.17. The average Bonchev–Trinajstić information content (AvgIpc) is 2.88. The predicted octanol–water partition coefficient (Wildman–Crippen LogP) is 2.77. The lowest BCUT2D eigenvalue weighted by Crippen LogP contribution is -2.14. The van der Waals surface area contributed by atoms with Crippen molar-refractivity contribution < 1.29 is 4.74 Å². The molecule has 1 aromatic carbocycles. The second-order valence-electron chi connectivity index (χ2n) is 4.59. The van der Waals surface area contributed by atoms with E-state index in [2.05, 4.69) is 29.5 Å². The minimum absolute atomic E-state index is 0.167. The summed E-state index contributed by atoms with van der Waals surface area (Å²) >= 11 is 1.38. The lowest BCUT2D eigenvalue weighted by atomic mass is 9.97. The highest BCUT2D eigenvalue weighted by molar-refractivity contribution is 7.05. The van der Waals surface area contributed by atoms with Gasteiger partial charge in [0, 0.05) is 0 Å². The second kappa shape index (κ2) is 5.67. The molecule has 2 aromatic rings. The van der Waals surface area contributed by atoms with Crippen molar-refractivity contribution in [3.8, 4) is 5.75 Å². The quantitative estimate of drug-likeness (QED) is 0.933. The fourth-order valence-corrected chi connectivity index (χ4v) is 2.96. The Morgan fingerprint density at radius 1 is 1.32 bits per heavy atom. The third kappa shape index (κ3) is 2.62. The number of aromatic nitrogens is 2. The van der Waals surface area contributed by atoms with E-state index in [9.17, 15) is 0 Å². The number of methoxy groups -OCH3 is 1. The Balaban J connectivity index is 2.44. The molecule has 102 valence electrons. The van der Waals surface area contributed by atoms with Gasteiger partial charge in [-0.05, 0) is 54.6 Å². The second-order valence-corrected chi connectivity index (χ2v) is 5.38. The molecule has 0 saturated heterocycles. The van der Waals surface area contributed by atoms with Gasteiger partial charge >= 0.3 is 0 Å². The first-order chi connectivity index (χ1) is 9.08. The summed E-state index contributed by atoms with van der Waals surface area (Å²) < 4.78 is 9.35. The van der Waals surface area contributed by atoms with Gasteiger partial charge in [-0.1, -0.05) is 17.5 Å². The van der Waals surface area contributed by atoms with Crippen molar-refractivity contribution in [1.29, 1.82) is 0 Å². The van der Waals surface area contributed by atoms with Crippen LogP contribution in [0.25, 0.3) is 0 Å². The molecule has 2 rings (SSSR count). The Morgan fingerprint density at radius 2 is 2.05 bits per heavy atom. The minimum atomic E-state index is -0.167. The highest BCUT2D eigenvalue weighted by Gasteiger charge is 2.19. The summed E-state index contributed by atoms with van der Waals surface area (Å²) in [6.07, 6.45) is 0.855. The van der Waals surface area contributed by atoms with Gasteiger partial charge in [-0.25, -0.2) is 0 Å². The largest absolute Gasteiger partial charge is 0.496 e. The van der Waals surface area contributed by atoms with E-state index in [1.165, 1.54) is 11.5 Å². The van der Waals surface area contributed by atoms with Crippen molar-refractivity contribution in [2.75, 3.05) is 7.11 Å². The third-order valence-corrected chi connectivity index (χ3v) is 4.17. The number of benzene rings is 1. The van der Waals surface area contributed by atoms with Gasteiger partial charge in [-0.15, -0.1) is 5.10 Å². The van der Waals surface area contributed by atoms with Gasteiger partial charge in [0.05, 0.1) is 23.7 Å². The van der Waals surface area contributed by atoms with Crippen molar-refractivity contribution in [3.05, 3.63) is 39.4 Å². The first-order valence-electron chi connectivity index (χ1n) is 6.30. The van der Waals surface area contributed by atoms with E-state index < -0.39 is 0 Å². The monoisotopic (exact) mass is 277 g/mol. The van der Waals surface area contributed by atoms with E-state index in [0.29, 0.717) is 0 Å². The molecule has 0 aliphatic carbocycles. The molecule has 0 fully saturated rings. The van der Waals surface area contributed by atoms with Crippen LogP contribution in [0.3, 0.4) is 0 Å². The smallest absolute Gasteiger partial charge is 0.122 e. The Hall–Kier alpha value is -1.46. The topological polar surface area (TPSA) is 61.0 Å². The first-order valence-corrected chi connectivity index (χ1v) is 7.07. The maximum absolute atomic E-state index is 6.39. The van der Waals surface area contributed by atoms with E-state index in [0.717, 1.165) is 39.4 Å². The molecule has 0 bridgehead atoms. The number of aryl methyl sites for hydroxylation is 3. The Labute approximate surface area is 117 Å². The van der Waals surface area contributed by atoms with E-state index >= 15 is 0 Å². The van der Waals surface area contributed by atoms with Crippen LogP contribution in [-0.2, 0) is 6.42 Å². The molecule has 0 aliphatic rings. The fraction of sp³-hybridized carbons (Fsp3) is 0.429. The number of hydrogen-bond acceptors (Lipinski definition) is 5. The number of rotatable bonds is 4. The minimum Gasteiger partial charge on any atom is -0.496 e. The molecule has 19 heavy (non-hydrogen) atoms. The molecule has 1 unspecified atom stereocenters. The summed E-state index contributed by atoms with van der Waals surface area (Å²) in [7, 11) is 1.68. The van der Waals surface area contributed by atoms with Crippen molar-refractivity contribution >= 4 is 11.5 Å². The molecule has 1 heterocycles. The van der Waals surface area contributed by atoms with Crippen LogP contribution in [0.1, 0.15) is 40.2 Å². The van der Waals surface area contributed by atoms with Gasteiger partial charge in [0.25, 0.3) is 0 Å². The summed E-state index contributed by atoms with van der Waals surface area (Å²) in [5, 5.41) is 4.13. The van der Waals surface area contributed by atoms with Crippen molar-refractivity contribution in [2.24, 2.45) is 5.73 Å². The standard InChI is InChI=1S/C14H19N3OS/c1-5-11-14(19-17-16-11)13(15)10-6-9(3)12(18-4)7-8(10)2/h6-7,13H,5,15H2,1-4H3. The zero-order valence-electron chi connectivity index (χ0n) is 11.7. The Bertz CT molecular complexity index is 580. The van der Waals surface area contributed by atoms with Crippen molar-refractivity contribution in [3.63, 3.8) is 0 Å². The summed E-state index contributed by atoms with van der Waals surface area (Å²) in [6.45, 7) is 6.15. The molecule has 4 nitrogen and oxygen atoms in total. The Morgan fingerprint density at radius 3 is 2.68 bits per heavy atom. The molecule has 0 radical (unpaired) electrons. The SMILES string of the molecule is CCc1nnsc1C(N)c1cc(C)c(OC)cc1C. The molecule has 0 amide bonds. The van der Waals surface area contributed by atoms with Crippen LogP contribution in [0.2, 0.25) is 0 Å². The number of nitrogens with zero attached hydrogens (tertiary/aromatic N) is 2. The molecule has 0 spiro atoms. The van der Waals surface area contributed by atoms with E-state index in [1.54, 1.807) is 7.11 Å². The third-order valence-electron chi connectivity index (χ3n) is 3.32. The lowest BCUT2D eigenvalue weighted by molar-refractivity contribution is 0.411. The molecular weight excluding hydrogens is 258 g/mol. The maximum atomic E-state index is 6.39. The van der Waals surface area contributed by atoms with Gasteiger partial charge in [-0.3, -0.25) is 0 Å². The van der Waals surface area contributed by atoms with E-state index in [-0.39, 0.29) is 6.04 Å². The van der Waals surface area contributed by atoms with Crippen molar-refractivity contribution in [1.82, 2.24) is 9.59 Å². The van der Waals surface area contributed by atoms with Gasteiger partial charge < -0.3 is 10.5 Å². The van der Waals surface area contributed by atoms with E-state index in [1.807, 2.05) is 13.0 Å². The molecule has 1 atom stereocenters. The highest BCUT2D eigenvalue weighted by Crippen LogP contribution is 2.31. The predicted molar refractivity (Wildman–Crippen MR) is 77.8 cm³/mol. The van der Waals surface area contributed by atoms with Gasteiger partial charge in [-0.2, -0.15) is 0 Å². The van der Waals surface area contributed by atoms with Crippen LogP contribution < -0.4 is 10.5 Å². The van der Waals surface area contributed by atoms with Crippen molar-refractivity contribution in [2.45, 2.75) is 33.2 Å². The summed E-state index contributed by atoms with van der Waals surface area (Å²) in [5.74, 6) is 0.895. The first kappa shape index (κ1) is 14.0. The molecule has 1 aromatic heterocycles. The normalized spacial score (nSPS) is 12.5. The summed E-state index contributed by atoms with van der Waals surface area (Å²) in [4.78, 5) is 1.05. The zero-order valence-corrected chi connectivity index (χ0v) is 12.5. The summed E-state index contributed by atoms with van der Waals surface area (Å²) in [5.41, 5.74) is 10.7. The molecule has 5 heteroatoms. The van der Waals surface area contributed by atoms with Crippen LogP contribution in [0, 0.1) is 13.8 Å². The number of ether oxygens (including phenoxy) is 1. The molecule has 2 N–H and O–H groups in total. The molecule has 0 saturated carbocycles. The van der Waals surface area contributed by atoms with Gasteiger partial charge in [0.15, 0.2) is 0 Å².